The molecule has 1 heterocycles. The lowest BCUT2D eigenvalue weighted by Gasteiger charge is -2.27. The summed E-state index contributed by atoms with van der Waals surface area (Å²) in [6.45, 7) is -1.25. The lowest BCUT2D eigenvalue weighted by Crippen LogP contribution is -2.51. The summed E-state index contributed by atoms with van der Waals surface area (Å²) in [4.78, 5) is 12.1. The van der Waals surface area contributed by atoms with Crippen LogP contribution in [-0.2, 0) is 0 Å². The molecule has 8 heteroatoms. The first-order valence-corrected chi connectivity index (χ1v) is 8.45. The van der Waals surface area contributed by atoms with Gasteiger partial charge in [0.05, 0.1) is 6.54 Å². The molecular formula is C20H13BF3N3O. The van der Waals surface area contributed by atoms with Crippen LogP contribution in [0.4, 0.5) is 24.5 Å². The Balaban J connectivity index is 1.80. The molecule has 3 N–H and O–H groups in total. The van der Waals surface area contributed by atoms with Gasteiger partial charge in [0.1, 0.15) is 23.0 Å². The van der Waals surface area contributed by atoms with E-state index in [0.29, 0.717) is 17.4 Å². The lowest BCUT2D eigenvalue weighted by molar-refractivity contribution is 0.0950. The summed E-state index contributed by atoms with van der Waals surface area (Å²) in [5.41, 5.74) is -0.0392. The monoisotopic (exact) mass is 379 g/mol. The Morgan fingerprint density at radius 1 is 1.07 bits per heavy atom. The number of carbonyl (C=O) groups is 1. The number of terminal acetylenes is 1. The fraction of sp³-hybridized carbons (Fsp3) is 0.0500. The number of hydrogen-bond donors (Lipinski definition) is 3. The van der Waals surface area contributed by atoms with Gasteiger partial charge in [-0.25, -0.2) is 13.2 Å². The Morgan fingerprint density at radius 3 is 2.32 bits per heavy atom. The fourth-order valence-corrected chi connectivity index (χ4v) is 3.37. The van der Waals surface area contributed by atoms with E-state index in [2.05, 4.69) is 21.7 Å². The lowest BCUT2D eigenvalue weighted by atomic mass is 9.65. The molecule has 0 saturated heterocycles. The molecule has 0 saturated carbocycles. The maximum Gasteiger partial charge on any atom is 0.412 e. The third kappa shape index (κ3) is 2.81. The molecule has 1 aliphatic rings. The Hall–Kier alpha value is -3.60. The average molecular weight is 379 g/mol. The zero-order chi connectivity index (χ0) is 19.8. The summed E-state index contributed by atoms with van der Waals surface area (Å²) in [5.74, 6) is -2.60. The zero-order valence-corrected chi connectivity index (χ0v) is 14.4. The normalized spacial score (nSPS) is 12.1. The Kier molecular flexibility index (Phi) is 4.36. The van der Waals surface area contributed by atoms with E-state index in [4.69, 9.17) is 6.42 Å². The van der Waals surface area contributed by atoms with E-state index in [1.54, 1.807) is 12.1 Å². The number of amides is 1. The molecule has 4 rings (SSSR count). The highest BCUT2D eigenvalue weighted by molar-refractivity contribution is 6.80. The van der Waals surface area contributed by atoms with Crippen LogP contribution in [0, 0.1) is 29.8 Å². The second-order valence-corrected chi connectivity index (χ2v) is 6.26. The molecule has 0 bridgehead atoms. The summed E-state index contributed by atoms with van der Waals surface area (Å²) in [6, 6.07) is 11.5. The van der Waals surface area contributed by atoms with E-state index in [1.165, 1.54) is 0 Å². The van der Waals surface area contributed by atoms with Gasteiger partial charge < -0.3 is 15.8 Å². The SMILES string of the molecule is C#CCNC(=O)c1c(F)cc(F)c(B2Nc3cccc4cccc(c34)N2)c1F. The van der Waals surface area contributed by atoms with Gasteiger partial charge in [0.25, 0.3) is 5.91 Å². The molecule has 0 unspecified atom stereocenters. The molecule has 0 aliphatic carbocycles. The van der Waals surface area contributed by atoms with Gasteiger partial charge in [-0.3, -0.25) is 4.79 Å². The number of benzene rings is 3. The van der Waals surface area contributed by atoms with Crippen LogP contribution in [-0.4, -0.2) is 19.4 Å². The molecule has 28 heavy (non-hydrogen) atoms. The van der Waals surface area contributed by atoms with Crippen molar-refractivity contribution in [3.05, 3.63) is 65.5 Å². The standard InChI is InChI=1S/C20H13BF3N3O/c1-2-9-25-20(28)17-12(22)10-13(23)18(19(17)24)21-26-14-7-3-5-11-6-4-8-15(27-21)16(11)14/h1,3-8,10,26-27H,9H2,(H,25,28). The minimum absolute atomic E-state index is 0.209. The summed E-state index contributed by atoms with van der Waals surface area (Å²) < 4.78 is 43.7. The van der Waals surface area contributed by atoms with Gasteiger partial charge in [-0.15, -0.1) is 6.42 Å². The van der Waals surface area contributed by atoms with Crippen molar-refractivity contribution in [2.45, 2.75) is 0 Å². The van der Waals surface area contributed by atoms with Crippen molar-refractivity contribution in [2.75, 3.05) is 17.0 Å². The Bertz CT molecular complexity index is 1120. The van der Waals surface area contributed by atoms with Crippen LogP contribution < -0.4 is 21.2 Å². The first kappa shape index (κ1) is 17.8. The first-order chi connectivity index (χ1) is 13.5. The molecule has 138 valence electrons. The van der Waals surface area contributed by atoms with Gasteiger partial charge in [0.15, 0.2) is 0 Å². The maximum absolute atomic E-state index is 15.1. The van der Waals surface area contributed by atoms with Gasteiger partial charge in [-0.05, 0) is 17.5 Å². The average Bonchev–Trinajstić information content (AvgIpc) is 2.66. The smallest absolute Gasteiger partial charge is 0.405 e. The summed E-state index contributed by atoms with van der Waals surface area (Å²) in [7, 11) is 0. The van der Waals surface area contributed by atoms with Crippen molar-refractivity contribution in [3.8, 4) is 12.3 Å². The molecule has 3 aromatic carbocycles. The highest BCUT2D eigenvalue weighted by atomic mass is 19.1. The van der Waals surface area contributed by atoms with Crippen molar-refractivity contribution in [1.29, 1.82) is 0 Å². The van der Waals surface area contributed by atoms with E-state index in [9.17, 15) is 13.6 Å². The van der Waals surface area contributed by atoms with Gasteiger partial charge >= 0.3 is 6.98 Å². The Labute approximate surface area is 159 Å². The van der Waals surface area contributed by atoms with Crippen molar-refractivity contribution >= 4 is 40.5 Å². The molecule has 1 amide bonds. The van der Waals surface area contributed by atoms with Crippen molar-refractivity contribution in [3.63, 3.8) is 0 Å². The van der Waals surface area contributed by atoms with E-state index in [0.717, 1.165) is 10.8 Å². The third-order valence-electron chi connectivity index (χ3n) is 4.58. The number of halogens is 3. The predicted molar refractivity (Wildman–Crippen MR) is 104 cm³/mol. The minimum atomic E-state index is -1.30. The van der Waals surface area contributed by atoms with E-state index in [1.807, 2.05) is 24.3 Å². The van der Waals surface area contributed by atoms with Crippen molar-refractivity contribution < 1.29 is 18.0 Å². The summed E-state index contributed by atoms with van der Waals surface area (Å²) >= 11 is 0. The molecular weight excluding hydrogens is 366 g/mol. The second-order valence-electron chi connectivity index (χ2n) is 6.26. The van der Waals surface area contributed by atoms with Crippen molar-refractivity contribution in [1.82, 2.24) is 5.32 Å². The van der Waals surface area contributed by atoms with Gasteiger partial charge in [-0.1, -0.05) is 30.2 Å². The predicted octanol–water partition coefficient (Wildman–Crippen LogP) is 2.85. The molecule has 0 aromatic heterocycles. The van der Waals surface area contributed by atoms with Crippen molar-refractivity contribution in [2.24, 2.45) is 0 Å². The van der Waals surface area contributed by atoms with Gasteiger partial charge in [-0.2, -0.15) is 0 Å². The van der Waals surface area contributed by atoms with Crippen LogP contribution in [0.25, 0.3) is 10.8 Å². The highest BCUT2D eigenvalue weighted by Crippen LogP contribution is 2.34. The molecule has 4 nitrogen and oxygen atoms in total. The van der Waals surface area contributed by atoms with Gasteiger partial charge in [0, 0.05) is 28.3 Å². The zero-order valence-electron chi connectivity index (χ0n) is 14.4. The Morgan fingerprint density at radius 2 is 1.71 bits per heavy atom. The van der Waals surface area contributed by atoms with Crippen LogP contribution in [0.2, 0.25) is 0 Å². The van der Waals surface area contributed by atoms with E-state index >= 15 is 4.39 Å². The minimum Gasteiger partial charge on any atom is -0.405 e. The van der Waals surface area contributed by atoms with Crippen LogP contribution in [0.1, 0.15) is 10.4 Å². The first-order valence-electron chi connectivity index (χ1n) is 8.45. The number of rotatable bonds is 3. The molecule has 0 radical (unpaired) electrons. The molecule has 0 fully saturated rings. The van der Waals surface area contributed by atoms with Crippen LogP contribution in [0.3, 0.4) is 0 Å². The topological polar surface area (TPSA) is 53.2 Å². The fourth-order valence-electron chi connectivity index (χ4n) is 3.37. The number of nitrogens with one attached hydrogen (secondary N) is 3. The second kappa shape index (κ2) is 6.85. The highest BCUT2D eigenvalue weighted by Gasteiger charge is 2.34. The third-order valence-corrected chi connectivity index (χ3v) is 4.58. The maximum atomic E-state index is 15.1. The molecule has 0 spiro atoms. The molecule has 1 aliphatic heterocycles. The number of anilines is 2. The number of carbonyl (C=O) groups excluding carboxylic acids is 1. The largest absolute Gasteiger partial charge is 0.412 e. The van der Waals surface area contributed by atoms with E-state index < -0.39 is 41.4 Å². The van der Waals surface area contributed by atoms with Crippen LogP contribution in [0.15, 0.2) is 42.5 Å². The van der Waals surface area contributed by atoms with Gasteiger partial charge in [0.2, 0.25) is 0 Å². The summed E-state index contributed by atoms with van der Waals surface area (Å²) in [6.07, 6.45) is 5.05. The van der Waals surface area contributed by atoms with Crippen LogP contribution in [0.5, 0.6) is 0 Å². The molecule has 3 aromatic rings. The number of hydrogen-bond acceptors (Lipinski definition) is 3. The van der Waals surface area contributed by atoms with E-state index in [-0.39, 0.29) is 6.54 Å². The van der Waals surface area contributed by atoms with Crippen LogP contribution >= 0.6 is 0 Å². The molecule has 0 atom stereocenters. The summed E-state index contributed by atoms with van der Waals surface area (Å²) in [5, 5.41) is 10.0. The quantitative estimate of drug-likeness (QED) is 0.485.